The van der Waals surface area contributed by atoms with Gasteiger partial charge in [0.25, 0.3) is 0 Å². The van der Waals surface area contributed by atoms with Gasteiger partial charge in [-0.3, -0.25) is 0 Å². The quantitative estimate of drug-likeness (QED) is 0.600. The van der Waals surface area contributed by atoms with E-state index in [9.17, 15) is 18.0 Å². The minimum absolute atomic E-state index is 0.0999. The summed E-state index contributed by atoms with van der Waals surface area (Å²) in [6.45, 7) is 0. The molecule has 0 spiro atoms. The van der Waals surface area contributed by atoms with Crippen molar-refractivity contribution >= 4 is 25.3 Å². The summed E-state index contributed by atoms with van der Waals surface area (Å²) in [5.74, 6) is 0. The number of alkyl halides is 3. The Hall–Kier alpha value is -0.762. The van der Waals surface area contributed by atoms with Crippen LogP contribution in [0.5, 0.6) is 0 Å². The van der Waals surface area contributed by atoms with Crippen LogP contribution in [0.25, 0.3) is 0 Å². The van der Waals surface area contributed by atoms with Crippen LogP contribution in [0.1, 0.15) is 15.9 Å². The van der Waals surface area contributed by atoms with E-state index in [1.807, 2.05) is 11.4 Å². The van der Waals surface area contributed by atoms with Crippen LogP contribution < -0.4 is 4.35 Å². The third kappa shape index (κ3) is 3.10. The van der Waals surface area contributed by atoms with Crippen molar-refractivity contribution in [3.8, 4) is 0 Å². The number of hydrogen-bond donors (Lipinski definition) is 0. The average Bonchev–Trinajstić information content (AvgIpc) is 2.15. The zero-order chi connectivity index (χ0) is 11.6. The molecule has 0 fully saturated rings. The van der Waals surface area contributed by atoms with Crippen molar-refractivity contribution in [1.29, 1.82) is 0 Å². The molecule has 0 radical (unpaired) electrons. The van der Waals surface area contributed by atoms with E-state index < -0.39 is 26.4 Å². The Morgan fingerprint density at radius 2 is 1.80 bits per heavy atom. The summed E-state index contributed by atoms with van der Waals surface area (Å²) >= 11 is -1.39. The second kappa shape index (κ2) is 4.40. The van der Waals surface area contributed by atoms with Crippen molar-refractivity contribution in [1.82, 2.24) is 0 Å². The number of carbonyl (C=O) groups is 1. The standard InChI is InChI=1S/C10H10AsF3O/c1-11(2)9-4-7(6-15)3-8(5-9)10(12,13)14/h3-6H,1-2H3. The number of aldehydes is 1. The van der Waals surface area contributed by atoms with Crippen LogP contribution in [-0.4, -0.2) is 20.9 Å². The molecule has 0 aliphatic rings. The van der Waals surface area contributed by atoms with E-state index >= 15 is 0 Å². The van der Waals surface area contributed by atoms with Gasteiger partial charge in [0.15, 0.2) is 0 Å². The van der Waals surface area contributed by atoms with Crippen LogP contribution >= 0.6 is 0 Å². The molecule has 0 saturated heterocycles. The molecule has 0 amide bonds. The predicted octanol–water partition coefficient (Wildman–Crippen LogP) is 2.48. The van der Waals surface area contributed by atoms with E-state index in [-0.39, 0.29) is 5.56 Å². The Morgan fingerprint density at radius 3 is 2.20 bits per heavy atom. The molecule has 0 aliphatic heterocycles. The molecule has 0 aromatic heterocycles. The second-order valence-corrected chi connectivity index (χ2v) is 8.16. The molecule has 1 aromatic rings. The summed E-state index contributed by atoms with van der Waals surface area (Å²) in [6, 6.07) is 3.57. The van der Waals surface area contributed by atoms with Gasteiger partial charge >= 0.3 is 90.2 Å². The predicted molar refractivity (Wildman–Crippen MR) is 53.9 cm³/mol. The van der Waals surface area contributed by atoms with Crippen LogP contribution in [0.3, 0.4) is 0 Å². The van der Waals surface area contributed by atoms with Gasteiger partial charge in [0.2, 0.25) is 0 Å². The summed E-state index contributed by atoms with van der Waals surface area (Å²) in [4.78, 5) is 10.5. The fourth-order valence-corrected chi connectivity index (χ4v) is 2.81. The fraction of sp³-hybridized carbons (Fsp3) is 0.300. The third-order valence-corrected chi connectivity index (χ3v) is 4.63. The normalized spacial score (nSPS) is 11.9. The maximum absolute atomic E-state index is 12.4. The van der Waals surface area contributed by atoms with Crippen molar-refractivity contribution in [2.75, 3.05) is 0 Å². The first-order valence-electron chi connectivity index (χ1n) is 4.19. The molecule has 0 saturated carbocycles. The molecule has 1 nitrogen and oxygen atoms in total. The van der Waals surface area contributed by atoms with Gasteiger partial charge in [0.05, 0.1) is 0 Å². The molecule has 0 bridgehead atoms. The number of rotatable bonds is 2. The van der Waals surface area contributed by atoms with Crippen molar-refractivity contribution in [3.05, 3.63) is 29.3 Å². The number of benzene rings is 1. The topological polar surface area (TPSA) is 17.1 Å². The zero-order valence-corrected chi connectivity index (χ0v) is 10.2. The van der Waals surface area contributed by atoms with Crippen molar-refractivity contribution in [3.63, 3.8) is 0 Å². The molecule has 0 atom stereocenters. The molecule has 0 N–H and O–H groups in total. The SMILES string of the molecule is C[As](C)c1cc(C=O)cc(C(F)(F)F)c1. The van der Waals surface area contributed by atoms with Gasteiger partial charge in [0.1, 0.15) is 0 Å². The molecule has 0 heterocycles. The van der Waals surface area contributed by atoms with Gasteiger partial charge in [-0.05, 0) is 0 Å². The minimum atomic E-state index is -4.38. The van der Waals surface area contributed by atoms with E-state index in [1.54, 1.807) is 6.07 Å². The Kier molecular flexibility index (Phi) is 3.61. The Morgan fingerprint density at radius 1 is 1.20 bits per heavy atom. The number of carbonyl (C=O) groups excluding carboxylic acids is 1. The first-order valence-corrected chi connectivity index (χ1v) is 8.88. The molecule has 1 rings (SSSR count). The summed E-state index contributed by atoms with van der Waals surface area (Å²) < 4.78 is 38.0. The molecule has 0 aliphatic carbocycles. The summed E-state index contributed by atoms with van der Waals surface area (Å²) in [6.07, 6.45) is -3.92. The Bertz CT molecular complexity index is 371. The van der Waals surface area contributed by atoms with Gasteiger partial charge < -0.3 is 0 Å². The molecular formula is C10H10AsF3O. The summed E-state index contributed by atoms with van der Waals surface area (Å²) in [7, 11) is 0. The van der Waals surface area contributed by atoms with E-state index in [4.69, 9.17) is 0 Å². The molecule has 1 aromatic carbocycles. The first-order chi connectivity index (χ1) is 6.84. The van der Waals surface area contributed by atoms with Crippen molar-refractivity contribution in [2.24, 2.45) is 0 Å². The zero-order valence-electron chi connectivity index (χ0n) is 8.30. The third-order valence-electron chi connectivity index (χ3n) is 1.92. The molecule has 5 heteroatoms. The van der Waals surface area contributed by atoms with Gasteiger partial charge in [-0.1, -0.05) is 0 Å². The van der Waals surface area contributed by atoms with Crippen molar-refractivity contribution < 1.29 is 18.0 Å². The van der Waals surface area contributed by atoms with Gasteiger partial charge in [-0.25, -0.2) is 0 Å². The number of halogens is 3. The second-order valence-electron chi connectivity index (χ2n) is 3.32. The molecule has 15 heavy (non-hydrogen) atoms. The molecule has 82 valence electrons. The fourth-order valence-electron chi connectivity index (χ4n) is 1.12. The number of hydrogen-bond acceptors (Lipinski definition) is 1. The Labute approximate surface area is 90.5 Å². The van der Waals surface area contributed by atoms with Crippen LogP contribution in [-0.2, 0) is 6.18 Å². The van der Waals surface area contributed by atoms with Crippen LogP contribution in [0.2, 0.25) is 11.4 Å². The molecule has 0 unspecified atom stereocenters. The van der Waals surface area contributed by atoms with E-state index in [0.717, 1.165) is 12.1 Å². The van der Waals surface area contributed by atoms with Crippen LogP contribution in [0.15, 0.2) is 18.2 Å². The van der Waals surface area contributed by atoms with Gasteiger partial charge in [-0.15, -0.1) is 0 Å². The Balaban J connectivity index is 3.29. The van der Waals surface area contributed by atoms with E-state index in [1.165, 1.54) is 0 Å². The van der Waals surface area contributed by atoms with E-state index in [0.29, 0.717) is 10.6 Å². The van der Waals surface area contributed by atoms with Crippen LogP contribution in [0, 0.1) is 0 Å². The van der Waals surface area contributed by atoms with E-state index in [2.05, 4.69) is 0 Å². The van der Waals surface area contributed by atoms with Gasteiger partial charge in [-0.2, -0.15) is 0 Å². The van der Waals surface area contributed by atoms with Crippen molar-refractivity contribution in [2.45, 2.75) is 17.6 Å². The van der Waals surface area contributed by atoms with Gasteiger partial charge in [0, 0.05) is 0 Å². The monoisotopic (exact) mass is 278 g/mol. The average molecular weight is 278 g/mol. The molecular weight excluding hydrogens is 268 g/mol. The first kappa shape index (κ1) is 12.3. The summed E-state index contributed by atoms with van der Waals surface area (Å²) in [5, 5.41) is 0. The summed E-state index contributed by atoms with van der Waals surface area (Å²) in [5.41, 5.74) is 3.22. The van der Waals surface area contributed by atoms with Crippen LogP contribution in [0.4, 0.5) is 13.2 Å². The maximum atomic E-state index is 12.4.